The minimum atomic E-state index is -0.959. The van der Waals surface area contributed by atoms with Crippen LogP contribution in [0.25, 0.3) is 0 Å². The molecular formula is C11H15N3O4. The lowest BCUT2D eigenvalue weighted by Crippen LogP contribution is -2.46. The molecular weight excluding hydrogens is 238 g/mol. The molecule has 2 heterocycles. The van der Waals surface area contributed by atoms with Crippen LogP contribution in [-0.4, -0.2) is 53.5 Å². The molecule has 0 bridgehead atoms. The van der Waals surface area contributed by atoms with E-state index in [4.69, 9.17) is 14.6 Å². The van der Waals surface area contributed by atoms with Crippen LogP contribution in [0.1, 0.15) is 6.92 Å². The third-order valence-corrected chi connectivity index (χ3v) is 2.59. The number of hydrogen-bond donors (Lipinski definition) is 1. The predicted molar refractivity (Wildman–Crippen MR) is 62.8 cm³/mol. The Hall–Kier alpha value is -1.89. The summed E-state index contributed by atoms with van der Waals surface area (Å²) in [6.45, 7) is 3.64. The lowest BCUT2D eigenvalue weighted by atomic mass is 10.2. The molecule has 7 heteroatoms. The van der Waals surface area contributed by atoms with Crippen LogP contribution < -0.4 is 9.64 Å². The highest BCUT2D eigenvalue weighted by Crippen LogP contribution is 2.18. The molecule has 1 fully saturated rings. The number of ether oxygens (including phenoxy) is 2. The van der Waals surface area contributed by atoms with Crippen LogP contribution in [-0.2, 0) is 9.53 Å². The van der Waals surface area contributed by atoms with E-state index in [0.717, 1.165) is 0 Å². The van der Waals surface area contributed by atoms with Crippen molar-refractivity contribution in [3.05, 3.63) is 12.4 Å². The van der Waals surface area contributed by atoms with Gasteiger partial charge in [0.1, 0.15) is 12.1 Å². The van der Waals surface area contributed by atoms with E-state index in [2.05, 4.69) is 9.97 Å². The molecule has 0 aliphatic carbocycles. The summed E-state index contributed by atoms with van der Waals surface area (Å²) in [6.07, 6.45) is 0.593. The molecule has 1 N–H and O–H groups in total. The lowest BCUT2D eigenvalue weighted by molar-refractivity contribution is -0.150. The van der Waals surface area contributed by atoms with Crippen molar-refractivity contribution in [2.45, 2.75) is 13.0 Å². The minimum absolute atomic E-state index is 0.276. The van der Waals surface area contributed by atoms with Gasteiger partial charge in [0.15, 0.2) is 6.10 Å². The Bertz CT molecular complexity index is 427. The maximum Gasteiger partial charge on any atom is 0.334 e. The number of anilines is 1. The molecule has 1 aromatic rings. The zero-order valence-corrected chi connectivity index (χ0v) is 10.1. The van der Waals surface area contributed by atoms with Gasteiger partial charge in [-0.05, 0) is 6.92 Å². The Balaban J connectivity index is 2.10. The highest BCUT2D eigenvalue weighted by Gasteiger charge is 2.27. The Labute approximate surface area is 104 Å². The molecule has 1 aliphatic heterocycles. The highest BCUT2D eigenvalue weighted by atomic mass is 16.5. The minimum Gasteiger partial charge on any atom is -0.479 e. The quantitative estimate of drug-likeness (QED) is 0.818. The van der Waals surface area contributed by atoms with E-state index in [1.807, 2.05) is 11.8 Å². The van der Waals surface area contributed by atoms with Gasteiger partial charge in [-0.15, -0.1) is 0 Å². The molecule has 0 spiro atoms. The van der Waals surface area contributed by atoms with Crippen molar-refractivity contribution >= 4 is 11.8 Å². The molecule has 1 saturated heterocycles. The average Bonchev–Trinajstić information content (AvgIpc) is 2.39. The van der Waals surface area contributed by atoms with E-state index in [0.29, 0.717) is 31.5 Å². The van der Waals surface area contributed by atoms with Crippen molar-refractivity contribution in [3.8, 4) is 5.88 Å². The van der Waals surface area contributed by atoms with E-state index in [1.165, 1.54) is 6.33 Å². The van der Waals surface area contributed by atoms with E-state index in [-0.39, 0.29) is 6.54 Å². The monoisotopic (exact) mass is 253 g/mol. The third kappa shape index (κ3) is 2.86. The fraction of sp³-hybridized carbons (Fsp3) is 0.545. The number of carboxylic acids is 1. The van der Waals surface area contributed by atoms with Crippen LogP contribution in [0.3, 0.4) is 0 Å². The summed E-state index contributed by atoms with van der Waals surface area (Å²) >= 11 is 0. The van der Waals surface area contributed by atoms with Crippen LogP contribution in [0.5, 0.6) is 5.88 Å². The molecule has 98 valence electrons. The topological polar surface area (TPSA) is 84.8 Å². The summed E-state index contributed by atoms with van der Waals surface area (Å²) in [5.41, 5.74) is 0. The smallest absolute Gasteiger partial charge is 0.334 e. The zero-order valence-electron chi connectivity index (χ0n) is 10.1. The number of rotatable bonds is 4. The molecule has 1 aliphatic rings. The summed E-state index contributed by atoms with van der Waals surface area (Å²) in [6, 6.07) is 1.70. The normalized spacial score (nSPS) is 19.6. The van der Waals surface area contributed by atoms with Gasteiger partial charge in [0.25, 0.3) is 0 Å². The SMILES string of the molecule is CCOc1cc(N2CCOC(C(=O)O)C2)ncn1. The van der Waals surface area contributed by atoms with Gasteiger partial charge in [0, 0.05) is 12.6 Å². The van der Waals surface area contributed by atoms with Crippen molar-refractivity contribution in [2.24, 2.45) is 0 Å². The van der Waals surface area contributed by atoms with Gasteiger partial charge in [-0.1, -0.05) is 0 Å². The molecule has 1 aromatic heterocycles. The van der Waals surface area contributed by atoms with Crippen molar-refractivity contribution in [3.63, 3.8) is 0 Å². The fourth-order valence-corrected chi connectivity index (χ4v) is 1.74. The molecule has 2 rings (SSSR count). The van der Waals surface area contributed by atoms with Crippen LogP contribution >= 0.6 is 0 Å². The van der Waals surface area contributed by atoms with E-state index in [1.54, 1.807) is 6.07 Å². The molecule has 0 amide bonds. The maximum absolute atomic E-state index is 10.9. The molecule has 1 atom stereocenters. The largest absolute Gasteiger partial charge is 0.479 e. The first-order valence-corrected chi connectivity index (χ1v) is 5.75. The van der Waals surface area contributed by atoms with E-state index >= 15 is 0 Å². The Kier molecular flexibility index (Phi) is 3.93. The van der Waals surface area contributed by atoms with Gasteiger partial charge in [-0.2, -0.15) is 0 Å². The van der Waals surface area contributed by atoms with Crippen LogP contribution in [0.2, 0.25) is 0 Å². The Morgan fingerprint density at radius 1 is 1.67 bits per heavy atom. The number of carboxylic acid groups (broad SMARTS) is 1. The van der Waals surface area contributed by atoms with Gasteiger partial charge in [-0.25, -0.2) is 14.8 Å². The summed E-state index contributed by atoms with van der Waals surface area (Å²) in [5.74, 6) is 0.183. The number of aromatic nitrogens is 2. The second-order valence-electron chi connectivity index (χ2n) is 3.79. The lowest BCUT2D eigenvalue weighted by Gasteiger charge is -2.31. The number of nitrogens with zero attached hydrogens (tertiary/aromatic N) is 3. The molecule has 0 saturated carbocycles. The number of hydrogen-bond acceptors (Lipinski definition) is 6. The molecule has 1 unspecified atom stereocenters. The van der Waals surface area contributed by atoms with Crippen molar-refractivity contribution in [1.29, 1.82) is 0 Å². The number of morpholine rings is 1. The van der Waals surface area contributed by atoms with Crippen LogP contribution in [0.15, 0.2) is 12.4 Å². The van der Waals surface area contributed by atoms with Gasteiger partial charge >= 0.3 is 5.97 Å². The fourth-order valence-electron chi connectivity index (χ4n) is 1.74. The van der Waals surface area contributed by atoms with Gasteiger partial charge in [0.05, 0.1) is 19.8 Å². The predicted octanol–water partition coefficient (Wildman–Crippen LogP) is 0.165. The molecule has 0 radical (unpaired) electrons. The van der Waals surface area contributed by atoms with Gasteiger partial charge in [-0.3, -0.25) is 0 Å². The van der Waals surface area contributed by atoms with Gasteiger partial charge in [0.2, 0.25) is 5.88 Å². The van der Waals surface area contributed by atoms with Crippen molar-refractivity contribution in [2.75, 3.05) is 31.2 Å². The zero-order chi connectivity index (χ0) is 13.0. The van der Waals surface area contributed by atoms with E-state index < -0.39 is 12.1 Å². The summed E-state index contributed by atoms with van der Waals surface area (Å²) in [4.78, 5) is 20.8. The van der Waals surface area contributed by atoms with E-state index in [9.17, 15) is 4.79 Å². The van der Waals surface area contributed by atoms with Crippen LogP contribution in [0, 0.1) is 0 Å². The molecule has 7 nitrogen and oxygen atoms in total. The highest BCUT2D eigenvalue weighted by molar-refractivity contribution is 5.73. The van der Waals surface area contributed by atoms with Crippen molar-refractivity contribution < 1.29 is 19.4 Å². The first kappa shape index (κ1) is 12.6. The first-order valence-electron chi connectivity index (χ1n) is 5.75. The second kappa shape index (κ2) is 5.63. The summed E-state index contributed by atoms with van der Waals surface area (Å²) < 4.78 is 10.4. The summed E-state index contributed by atoms with van der Waals surface area (Å²) in [7, 11) is 0. The van der Waals surface area contributed by atoms with Crippen LogP contribution in [0.4, 0.5) is 5.82 Å². The summed E-state index contributed by atoms with van der Waals surface area (Å²) in [5, 5.41) is 8.93. The number of carbonyl (C=O) groups is 1. The first-order chi connectivity index (χ1) is 8.70. The average molecular weight is 253 g/mol. The molecule has 18 heavy (non-hydrogen) atoms. The maximum atomic E-state index is 10.9. The molecule has 0 aromatic carbocycles. The second-order valence-corrected chi connectivity index (χ2v) is 3.79. The Morgan fingerprint density at radius 2 is 2.50 bits per heavy atom. The Morgan fingerprint density at radius 3 is 3.22 bits per heavy atom. The number of aliphatic carboxylic acids is 1. The standard InChI is InChI=1S/C11H15N3O4/c1-2-17-10-5-9(12-7-13-10)14-3-4-18-8(6-14)11(15)16/h5,7-8H,2-4,6H2,1H3,(H,15,16). The third-order valence-electron chi connectivity index (χ3n) is 2.59. The van der Waals surface area contributed by atoms with Gasteiger partial charge < -0.3 is 19.5 Å². The van der Waals surface area contributed by atoms with Crippen molar-refractivity contribution in [1.82, 2.24) is 9.97 Å².